The zero-order chi connectivity index (χ0) is 23.6. The Morgan fingerprint density at radius 2 is 2.03 bits per heavy atom. The van der Waals surface area contributed by atoms with Crippen LogP contribution in [0, 0.1) is 0 Å². The van der Waals surface area contributed by atoms with E-state index < -0.39 is 17.7 Å². The first-order chi connectivity index (χ1) is 15.7. The Morgan fingerprint density at radius 1 is 1.24 bits per heavy atom. The molecule has 1 aromatic heterocycles. The number of hydrogen-bond donors (Lipinski definition) is 1. The zero-order valence-corrected chi connectivity index (χ0v) is 20.0. The van der Waals surface area contributed by atoms with E-state index in [1.807, 2.05) is 40.1 Å². The normalized spacial score (nSPS) is 18.8. The summed E-state index contributed by atoms with van der Waals surface area (Å²) in [5, 5.41) is 2.94. The molecule has 3 heterocycles. The van der Waals surface area contributed by atoms with Gasteiger partial charge in [0.2, 0.25) is 0 Å². The van der Waals surface area contributed by atoms with E-state index in [4.69, 9.17) is 14.5 Å². The number of likely N-dealkylation sites (tertiary alicyclic amines) is 1. The Morgan fingerprint density at radius 3 is 2.79 bits per heavy atom. The molecule has 8 nitrogen and oxygen atoms in total. The maximum absolute atomic E-state index is 12.9. The number of para-hydroxylation sites is 1. The van der Waals surface area contributed by atoms with Gasteiger partial charge in [0, 0.05) is 36.9 Å². The average molecular weight is 455 g/mol. The first kappa shape index (κ1) is 23.3. The molecule has 8 heteroatoms. The lowest BCUT2D eigenvalue weighted by atomic mass is 9.98. The number of carbonyl (C=O) groups is 2. The molecule has 33 heavy (non-hydrogen) atoms. The highest BCUT2D eigenvalue weighted by molar-refractivity contribution is 5.76. The molecule has 1 saturated heterocycles. The third kappa shape index (κ3) is 5.38. The highest BCUT2D eigenvalue weighted by Crippen LogP contribution is 2.28. The van der Waals surface area contributed by atoms with E-state index in [1.165, 1.54) is 5.56 Å². The van der Waals surface area contributed by atoms with Gasteiger partial charge in [0.05, 0.1) is 18.6 Å². The van der Waals surface area contributed by atoms with E-state index in [0.29, 0.717) is 26.1 Å². The van der Waals surface area contributed by atoms with E-state index >= 15 is 0 Å². The largest absolute Gasteiger partial charge is 0.465 e. The van der Waals surface area contributed by atoms with Crippen molar-refractivity contribution < 1.29 is 19.1 Å². The second-order valence-corrected chi connectivity index (χ2v) is 9.74. The summed E-state index contributed by atoms with van der Waals surface area (Å²) in [6, 6.07) is 7.86. The molecule has 1 aromatic carbocycles. The molecule has 0 spiro atoms. The van der Waals surface area contributed by atoms with Gasteiger partial charge in [0.1, 0.15) is 11.6 Å². The Labute approximate surface area is 195 Å². The van der Waals surface area contributed by atoms with Crippen LogP contribution in [0.3, 0.4) is 0 Å². The number of nitrogens with one attached hydrogen (secondary N) is 1. The van der Waals surface area contributed by atoms with Crippen LogP contribution in [0.25, 0.3) is 5.69 Å². The molecule has 2 aliphatic heterocycles. The lowest BCUT2D eigenvalue weighted by molar-refractivity contribution is -0.149. The number of fused-ring (bicyclic) bond motifs is 3. The number of alkyl carbamates (subject to hydrolysis) is 1. The van der Waals surface area contributed by atoms with Crippen molar-refractivity contribution in [1.82, 2.24) is 19.8 Å². The van der Waals surface area contributed by atoms with E-state index in [-0.39, 0.29) is 12.0 Å². The van der Waals surface area contributed by atoms with E-state index in [9.17, 15) is 9.59 Å². The van der Waals surface area contributed by atoms with Crippen molar-refractivity contribution in [3.05, 3.63) is 47.5 Å². The summed E-state index contributed by atoms with van der Waals surface area (Å²) in [6.07, 6.45) is 4.53. The maximum atomic E-state index is 12.9. The minimum atomic E-state index is -0.547. The fourth-order valence-electron chi connectivity index (χ4n) is 4.71. The molecule has 4 rings (SSSR count). The van der Waals surface area contributed by atoms with Crippen molar-refractivity contribution in [3.63, 3.8) is 0 Å². The van der Waals surface area contributed by atoms with E-state index in [2.05, 4.69) is 33.0 Å². The van der Waals surface area contributed by atoms with Crippen LogP contribution in [0.1, 0.15) is 51.1 Å². The van der Waals surface area contributed by atoms with Crippen molar-refractivity contribution in [2.24, 2.45) is 0 Å². The summed E-state index contributed by atoms with van der Waals surface area (Å²) in [6.45, 7) is 8.94. The molecule has 2 atom stereocenters. The van der Waals surface area contributed by atoms with Crippen LogP contribution < -0.4 is 5.32 Å². The summed E-state index contributed by atoms with van der Waals surface area (Å²) in [5.74, 6) is -0.242. The average Bonchev–Trinajstić information content (AvgIpc) is 3.37. The molecule has 178 valence electrons. The van der Waals surface area contributed by atoms with Gasteiger partial charge < -0.3 is 19.4 Å². The molecule has 0 radical (unpaired) electrons. The number of hydrogen-bond acceptors (Lipinski definition) is 6. The summed E-state index contributed by atoms with van der Waals surface area (Å²) in [4.78, 5) is 31.9. The topological polar surface area (TPSA) is 85.7 Å². The Hall–Kier alpha value is -2.87. The van der Waals surface area contributed by atoms with Crippen LogP contribution in [0.5, 0.6) is 0 Å². The summed E-state index contributed by atoms with van der Waals surface area (Å²) in [7, 11) is 0. The summed E-state index contributed by atoms with van der Waals surface area (Å²) in [5.41, 5.74) is 4.02. The number of aryl methyl sites for hydroxylation is 1. The van der Waals surface area contributed by atoms with Crippen LogP contribution in [-0.4, -0.2) is 63.9 Å². The third-order valence-corrected chi connectivity index (χ3v) is 6.16. The van der Waals surface area contributed by atoms with Crippen LogP contribution in [-0.2, 0) is 33.5 Å². The lowest BCUT2D eigenvalue weighted by Gasteiger charge is -2.27. The second-order valence-electron chi connectivity index (χ2n) is 9.74. The number of ether oxygens (including phenoxy) is 2. The van der Waals surface area contributed by atoms with Gasteiger partial charge in [0.25, 0.3) is 0 Å². The lowest BCUT2D eigenvalue weighted by Crippen LogP contribution is -2.45. The Bertz CT molecular complexity index is 1010. The molecule has 0 unspecified atom stereocenters. The highest BCUT2D eigenvalue weighted by atomic mass is 16.6. The SMILES string of the molecule is CCOC(=O)[C@H](Cc1ncn2c1CCc1ccccc1-2)N1CC[C@H](NC(=O)OC(C)(C)C)C1. The first-order valence-corrected chi connectivity index (χ1v) is 11.8. The summed E-state index contributed by atoms with van der Waals surface area (Å²) >= 11 is 0. The number of esters is 1. The van der Waals surface area contributed by atoms with Gasteiger partial charge in [-0.2, -0.15) is 0 Å². The van der Waals surface area contributed by atoms with Gasteiger partial charge in [-0.05, 0) is 58.6 Å². The molecular formula is C25H34N4O4. The van der Waals surface area contributed by atoms with Crippen molar-refractivity contribution in [1.29, 1.82) is 0 Å². The van der Waals surface area contributed by atoms with Crippen LogP contribution in [0.2, 0.25) is 0 Å². The van der Waals surface area contributed by atoms with Gasteiger partial charge in [-0.1, -0.05) is 18.2 Å². The molecule has 0 aliphatic carbocycles. The number of nitrogens with zero attached hydrogens (tertiary/aromatic N) is 3. The van der Waals surface area contributed by atoms with Crippen molar-refractivity contribution >= 4 is 12.1 Å². The third-order valence-electron chi connectivity index (χ3n) is 6.16. The fraction of sp³-hybridized carbons (Fsp3) is 0.560. The minimum absolute atomic E-state index is 0.0698. The van der Waals surface area contributed by atoms with Crippen molar-refractivity contribution in [2.45, 2.75) is 71.1 Å². The predicted molar refractivity (Wildman–Crippen MR) is 124 cm³/mol. The number of imidazole rings is 1. The van der Waals surface area contributed by atoms with E-state index in [0.717, 1.165) is 36.3 Å². The molecule has 0 saturated carbocycles. The van der Waals surface area contributed by atoms with Crippen molar-refractivity contribution in [2.75, 3.05) is 19.7 Å². The molecule has 2 aliphatic rings. The molecule has 1 fully saturated rings. The molecule has 1 amide bonds. The van der Waals surface area contributed by atoms with Gasteiger partial charge in [-0.25, -0.2) is 9.78 Å². The Balaban J connectivity index is 1.48. The predicted octanol–water partition coefficient (Wildman–Crippen LogP) is 3.04. The smallest absolute Gasteiger partial charge is 0.407 e. The number of benzene rings is 1. The number of amides is 1. The van der Waals surface area contributed by atoms with Crippen molar-refractivity contribution in [3.8, 4) is 5.69 Å². The maximum Gasteiger partial charge on any atom is 0.407 e. The van der Waals surface area contributed by atoms with Gasteiger partial charge >= 0.3 is 12.1 Å². The van der Waals surface area contributed by atoms with Gasteiger partial charge in [-0.15, -0.1) is 0 Å². The zero-order valence-electron chi connectivity index (χ0n) is 20.0. The second kappa shape index (κ2) is 9.55. The van der Waals surface area contributed by atoms with E-state index in [1.54, 1.807) is 0 Å². The molecule has 0 bridgehead atoms. The number of rotatable bonds is 6. The van der Waals surface area contributed by atoms with Crippen LogP contribution in [0.4, 0.5) is 4.79 Å². The highest BCUT2D eigenvalue weighted by Gasteiger charge is 2.36. The van der Waals surface area contributed by atoms with Crippen LogP contribution in [0.15, 0.2) is 30.6 Å². The summed E-state index contributed by atoms with van der Waals surface area (Å²) < 4.78 is 13.0. The molecule has 2 aromatic rings. The molecule has 1 N–H and O–H groups in total. The van der Waals surface area contributed by atoms with Crippen LogP contribution >= 0.6 is 0 Å². The Kier molecular flexibility index (Phi) is 6.74. The number of aromatic nitrogens is 2. The van der Waals surface area contributed by atoms with Gasteiger partial charge in [-0.3, -0.25) is 9.69 Å². The number of carbonyl (C=O) groups excluding carboxylic acids is 2. The monoisotopic (exact) mass is 454 g/mol. The molecular weight excluding hydrogens is 420 g/mol. The first-order valence-electron chi connectivity index (χ1n) is 11.8. The van der Waals surface area contributed by atoms with Gasteiger partial charge in [0.15, 0.2) is 0 Å². The fourth-order valence-corrected chi connectivity index (χ4v) is 4.71. The quantitative estimate of drug-likeness (QED) is 0.676. The standard InChI is InChI=1S/C25H34N4O4/c1-5-32-23(30)22(28-13-12-18(15-28)27-24(31)33-25(2,3)4)14-19-21-11-10-17-8-6-7-9-20(17)29(21)16-26-19/h6-9,16,18,22H,5,10-15H2,1-4H3,(H,27,31)/t18-,22-/m0/s1. The minimum Gasteiger partial charge on any atom is -0.465 e.